The zero-order valence-corrected chi connectivity index (χ0v) is 21.3. The van der Waals surface area contributed by atoms with Crippen molar-refractivity contribution in [1.82, 2.24) is 20.1 Å². The van der Waals surface area contributed by atoms with Gasteiger partial charge in [0.25, 0.3) is 5.88 Å². The molecule has 0 aliphatic carbocycles. The molecule has 0 bridgehead atoms. The van der Waals surface area contributed by atoms with Gasteiger partial charge in [0, 0.05) is 17.3 Å². The van der Waals surface area contributed by atoms with Gasteiger partial charge in [-0.05, 0) is 49.7 Å². The number of benzene rings is 1. The largest absolute Gasteiger partial charge is 0.587 e. The van der Waals surface area contributed by atoms with Crippen molar-refractivity contribution in [3.05, 3.63) is 85.7 Å². The van der Waals surface area contributed by atoms with Crippen LogP contribution in [0.4, 0.5) is 8.78 Å². The molecule has 6 rings (SSSR count). The molecule has 5 heterocycles. The molecule has 11 nitrogen and oxygen atoms in total. The molecule has 0 atom stereocenters. The van der Waals surface area contributed by atoms with Gasteiger partial charge in [0.2, 0.25) is 5.82 Å². The van der Waals surface area contributed by atoms with Crippen molar-refractivity contribution in [1.29, 1.82) is 0 Å². The van der Waals surface area contributed by atoms with E-state index in [4.69, 9.17) is 20.8 Å². The molecule has 0 radical (unpaired) electrons. The first kappa shape index (κ1) is 25.2. The van der Waals surface area contributed by atoms with E-state index in [-0.39, 0.29) is 67.2 Å². The van der Waals surface area contributed by atoms with E-state index in [1.54, 1.807) is 19.1 Å². The summed E-state index contributed by atoms with van der Waals surface area (Å²) in [5.74, 6) is -1.31. The Balaban J connectivity index is 1.47. The van der Waals surface area contributed by atoms with E-state index in [1.165, 1.54) is 31.3 Å². The number of nitrogens with one attached hydrogen (secondary N) is 1. The van der Waals surface area contributed by atoms with Crippen molar-refractivity contribution >= 4 is 28.3 Å². The van der Waals surface area contributed by atoms with Gasteiger partial charge in [0.15, 0.2) is 22.6 Å². The summed E-state index contributed by atoms with van der Waals surface area (Å²) in [6.45, 7) is 7.31. The van der Waals surface area contributed by atoms with E-state index in [2.05, 4.69) is 40.7 Å². The van der Waals surface area contributed by atoms with E-state index >= 15 is 0 Å². The predicted octanol–water partition coefficient (Wildman–Crippen LogP) is 5.23. The van der Waals surface area contributed by atoms with Gasteiger partial charge in [-0.1, -0.05) is 23.3 Å². The molecule has 4 aromatic heterocycles. The van der Waals surface area contributed by atoms with Crippen LogP contribution < -0.4 is 25.4 Å². The molecule has 1 aliphatic heterocycles. The highest BCUT2D eigenvalue weighted by Gasteiger charge is 2.44. The highest BCUT2D eigenvalue weighted by molar-refractivity contribution is 6.29. The van der Waals surface area contributed by atoms with Crippen LogP contribution in [0, 0.1) is 13.8 Å². The second kappa shape index (κ2) is 9.02. The topological polar surface area (TPSA) is 143 Å². The SMILES string of the molecule is C=C(Oc1ccc(Cl)nc1-c1noc(=O)[nH]1)c1cc(C)cc2c(=O)c(C)c(-c3cnc4c(c3)OC(F)(F)O4)oc12. The van der Waals surface area contributed by atoms with Gasteiger partial charge in [-0.2, -0.15) is 0 Å². The van der Waals surface area contributed by atoms with Gasteiger partial charge in [0.1, 0.15) is 22.3 Å². The van der Waals surface area contributed by atoms with Crippen LogP contribution in [0.3, 0.4) is 0 Å². The number of aromatic amines is 1. The lowest BCUT2D eigenvalue weighted by atomic mass is 10.0. The van der Waals surface area contributed by atoms with Crippen molar-refractivity contribution in [3.8, 4) is 40.2 Å². The van der Waals surface area contributed by atoms with Crippen LogP contribution in [-0.4, -0.2) is 26.4 Å². The Kier molecular flexibility index (Phi) is 5.69. The van der Waals surface area contributed by atoms with Crippen molar-refractivity contribution in [2.45, 2.75) is 20.1 Å². The Morgan fingerprint density at radius 2 is 1.95 bits per heavy atom. The van der Waals surface area contributed by atoms with Crippen LogP contribution in [0.25, 0.3) is 39.6 Å². The Morgan fingerprint density at radius 1 is 1.15 bits per heavy atom. The molecule has 1 aromatic carbocycles. The van der Waals surface area contributed by atoms with Gasteiger partial charge in [0.05, 0.1) is 10.9 Å². The first-order chi connectivity index (χ1) is 19.0. The number of hydrogen-bond acceptors (Lipinski definition) is 10. The van der Waals surface area contributed by atoms with Crippen LogP contribution in [0.2, 0.25) is 5.15 Å². The second-order valence-corrected chi connectivity index (χ2v) is 9.11. The maximum Gasteiger partial charge on any atom is 0.587 e. The van der Waals surface area contributed by atoms with E-state index in [1.807, 2.05) is 0 Å². The molecule has 0 spiro atoms. The highest BCUT2D eigenvalue weighted by Crippen LogP contribution is 2.42. The first-order valence-corrected chi connectivity index (χ1v) is 11.8. The predicted molar refractivity (Wildman–Crippen MR) is 136 cm³/mol. The van der Waals surface area contributed by atoms with Gasteiger partial charge in [-0.3, -0.25) is 14.3 Å². The first-order valence-electron chi connectivity index (χ1n) is 11.4. The minimum Gasteiger partial charge on any atom is -0.455 e. The Hall–Kier alpha value is -5.04. The second-order valence-electron chi connectivity index (χ2n) is 8.72. The maximum atomic E-state index is 13.5. The fraction of sp³-hybridized carbons (Fsp3) is 0.115. The molecule has 202 valence electrons. The summed E-state index contributed by atoms with van der Waals surface area (Å²) in [5.41, 5.74) is 1.24. The van der Waals surface area contributed by atoms with Gasteiger partial charge < -0.3 is 18.6 Å². The minimum atomic E-state index is -3.86. The third-order valence-corrected chi connectivity index (χ3v) is 6.12. The number of aryl methyl sites for hydroxylation is 1. The number of aromatic nitrogens is 4. The van der Waals surface area contributed by atoms with E-state index in [0.29, 0.717) is 11.1 Å². The summed E-state index contributed by atoms with van der Waals surface area (Å²) in [5, 5.41) is 3.96. The molecule has 0 saturated carbocycles. The molecular formula is C26H15ClF2N4O7. The summed E-state index contributed by atoms with van der Waals surface area (Å²) in [6, 6.07) is 7.51. The Labute approximate surface area is 226 Å². The lowest BCUT2D eigenvalue weighted by Crippen LogP contribution is -2.26. The molecule has 0 saturated heterocycles. The third-order valence-electron chi connectivity index (χ3n) is 5.91. The van der Waals surface area contributed by atoms with Gasteiger partial charge in [-0.25, -0.2) is 14.8 Å². The molecule has 0 unspecified atom stereocenters. The number of fused-ring (bicyclic) bond motifs is 2. The zero-order chi connectivity index (χ0) is 28.3. The van der Waals surface area contributed by atoms with Crippen molar-refractivity contribution in [3.63, 3.8) is 0 Å². The maximum absolute atomic E-state index is 13.5. The molecule has 0 amide bonds. The lowest BCUT2D eigenvalue weighted by Gasteiger charge is -2.15. The number of H-pyrrole nitrogens is 1. The normalized spacial score (nSPS) is 13.5. The van der Waals surface area contributed by atoms with E-state index < -0.39 is 17.9 Å². The molecule has 1 N–H and O–H groups in total. The number of rotatable bonds is 5. The number of alkyl halides is 2. The summed E-state index contributed by atoms with van der Waals surface area (Å²) in [7, 11) is 0. The number of halogens is 3. The zero-order valence-electron chi connectivity index (χ0n) is 20.5. The van der Waals surface area contributed by atoms with Crippen molar-refractivity contribution < 1.29 is 31.9 Å². The molecule has 0 fully saturated rings. The van der Waals surface area contributed by atoms with Gasteiger partial charge >= 0.3 is 12.1 Å². The molecule has 14 heteroatoms. The number of hydrogen-bond donors (Lipinski definition) is 1. The van der Waals surface area contributed by atoms with E-state index in [0.717, 1.165) is 0 Å². The summed E-state index contributed by atoms with van der Waals surface area (Å²) in [6.07, 6.45) is -2.63. The average molecular weight is 569 g/mol. The van der Waals surface area contributed by atoms with Crippen LogP contribution in [0.1, 0.15) is 16.7 Å². The number of nitrogens with zero attached hydrogens (tertiary/aromatic N) is 3. The van der Waals surface area contributed by atoms with Crippen LogP contribution >= 0.6 is 11.6 Å². The van der Waals surface area contributed by atoms with Crippen molar-refractivity contribution in [2.24, 2.45) is 0 Å². The number of pyridine rings is 2. The van der Waals surface area contributed by atoms with Crippen LogP contribution in [0.5, 0.6) is 17.4 Å². The summed E-state index contributed by atoms with van der Waals surface area (Å²) >= 11 is 6.03. The average Bonchev–Trinajstić information content (AvgIpc) is 3.47. The highest BCUT2D eigenvalue weighted by atomic mass is 35.5. The Morgan fingerprint density at radius 3 is 2.70 bits per heavy atom. The van der Waals surface area contributed by atoms with E-state index in [9.17, 15) is 18.4 Å². The molecule has 5 aromatic rings. The monoisotopic (exact) mass is 568 g/mol. The quantitative estimate of drug-likeness (QED) is 0.221. The summed E-state index contributed by atoms with van der Waals surface area (Å²) < 4.78 is 52.6. The lowest BCUT2D eigenvalue weighted by molar-refractivity contribution is -0.287. The number of ether oxygens (including phenoxy) is 3. The standard InChI is InChI=1S/C26H15ClF2N4O7/c1-10-6-14(12(3)36-16-4-5-18(27)31-19(16)23-32-25(35)40-33-23)22-15(7-10)20(34)11(2)21(37-22)13-8-17-24(30-9-13)39-26(28,29)38-17/h4-9H,3H2,1-2H3,(H,32,33,35). The third kappa shape index (κ3) is 4.35. The Bertz CT molecular complexity index is 1980. The minimum absolute atomic E-state index is 0.0327. The van der Waals surface area contributed by atoms with Crippen molar-refractivity contribution in [2.75, 3.05) is 0 Å². The van der Waals surface area contributed by atoms with Crippen LogP contribution in [-0.2, 0) is 0 Å². The molecule has 1 aliphatic rings. The fourth-order valence-corrected chi connectivity index (χ4v) is 4.33. The smallest absolute Gasteiger partial charge is 0.455 e. The molecular weight excluding hydrogens is 554 g/mol. The fourth-order valence-electron chi connectivity index (χ4n) is 4.18. The van der Waals surface area contributed by atoms with Gasteiger partial charge in [-0.15, -0.1) is 8.78 Å². The summed E-state index contributed by atoms with van der Waals surface area (Å²) in [4.78, 5) is 35.3. The molecule has 40 heavy (non-hydrogen) atoms. The van der Waals surface area contributed by atoms with Crippen LogP contribution in [0.15, 0.2) is 61.6 Å².